The molecular formula is C24H21ClN4O6. The summed E-state index contributed by atoms with van der Waals surface area (Å²) in [6.07, 6.45) is 1.43. The Labute approximate surface area is 204 Å². The number of non-ortho nitro benzene ring substituents is 1. The molecule has 0 unspecified atom stereocenters. The van der Waals surface area contributed by atoms with E-state index in [1.807, 2.05) is 11.8 Å². The van der Waals surface area contributed by atoms with E-state index in [9.17, 15) is 24.5 Å². The minimum atomic E-state index is -1.38. The largest absolute Gasteiger partial charge is 0.495 e. The molecule has 35 heavy (non-hydrogen) atoms. The number of nitrogens with zero attached hydrogens (tertiary/aromatic N) is 3. The van der Waals surface area contributed by atoms with Gasteiger partial charge in [0.15, 0.2) is 0 Å². The normalized spacial score (nSPS) is 28.9. The Balaban J connectivity index is 1.57. The van der Waals surface area contributed by atoms with Crippen LogP contribution in [0, 0.1) is 28.9 Å². The third kappa shape index (κ3) is 2.61. The van der Waals surface area contributed by atoms with Gasteiger partial charge in [0, 0.05) is 34.4 Å². The first-order chi connectivity index (χ1) is 16.7. The van der Waals surface area contributed by atoms with Crippen molar-refractivity contribution in [2.45, 2.75) is 31.3 Å². The number of benzene rings is 2. The molecule has 4 atom stereocenters. The van der Waals surface area contributed by atoms with E-state index in [0.29, 0.717) is 29.2 Å². The fraction of sp³-hybridized carbons (Fsp3) is 0.375. The molecule has 0 saturated carbocycles. The smallest absolute Gasteiger partial charge is 0.271 e. The second-order valence-corrected chi connectivity index (χ2v) is 9.83. The van der Waals surface area contributed by atoms with Crippen molar-refractivity contribution in [3.05, 3.63) is 56.6 Å². The number of imide groups is 1. The number of anilines is 2. The highest BCUT2D eigenvalue weighted by molar-refractivity contribution is 6.31. The number of fused-ring (bicyclic) bond motifs is 7. The summed E-state index contributed by atoms with van der Waals surface area (Å²) in [6, 6.07) is 6.91. The van der Waals surface area contributed by atoms with Crippen LogP contribution in [-0.4, -0.2) is 47.2 Å². The zero-order chi connectivity index (χ0) is 24.8. The van der Waals surface area contributed by atoms with Crippen LogP contribution in [-0.2, 0) is 19.9 Å². The van der Waals surface area contributed by atoms with Crippen LogP contribution < -0.4 is 15.0 Å². The van der Waals surface area contributed by atoms with E-state index >= 15 is 0 Å². The van der Waals surface area contributed by atoms with Crippen molar-refractivity contribution in [1.29, 1.82) is 0 Å². The summed E-state index contributed by atoms with van der Waals surface area (Å²) in [4.78, 5) is 55.6. The van der Waals surface area contributed by atoms with Gasteiger partial charge in [-0.15, -0.1) is 0 Å². The lowest BCUT2D eigenvalue weighted by Gasteiger charge is -2.36. The van der Waals surface area contributed by atoms with Crippen LogP contribution >= 0.6 is 11.6 Å². The Kier molecular flexibility index (Phi) is 4.56. The van der Waals surface area contributed by atoms with E-state index < -0.39 is 34.1 Å². The molecule has 0 aromatic heterocycles. The third-order valence-corrected chi connectivity index (χ3v) is 8.10. The van der Waals surface area contributed by atoms with Crippen molar-refractivity contribution < 1.29 is 24.0 Å². The van der Waals surface area contributed by atoms with E-state index in [1.165, 1.54) is 25.3 Å². The molecule has 4 aliphatic rings. The summed E-state index contributed by atoms with van der Waals surface area (Å²) in [5.74, 6) is -3.02. The summed E-state index contributed by atoms with van der Waals surface area (Å²) in [5, 5.41) is 14.8. The van der Waals surface area contributed by atoms with E-state index in [1.54, 1.807) is 12.1 Å². The van der Waals surface area contributed by atoms with Crippen LogP contribution in [0.3, 0.4) is 0 Å². The molecule has 0 radical (unpaired) electrons. The SMILES string of the molecule is COc1ccc([N+](=O)[O-])cc1N1C(=O)[C@H]2[C@H]3CCCN3[C@]3(C(=O)Nc4c(C)cc(Cl)cc43)[C@@H]2C1=O. The molecule has 4 heterocycles. The lowest BCUT2D eigenvalue weighted by molar-refractivity contribution is -0.384. The maximum absolute atomic E-state index is 14.1. The van der Waals surface area contributed by atoms with Crippen LogP contribution in [0.15, 0.2) is 30.3 Å². The van der Waals surface area contributed by atoms with Crippen LogP contribution in [0.4, 0.5) is 17.1 Å². The second-order valence-electron chi connectivity index (χ2n) is 9.40. The number of ether oxygens (including phenoxy) is 1. The van der Waals surface area contributed by atoms with Crippen molar-refractivity contribution in [2.75, 3.05) is 23.9 Å². The number of hydrogen-bond acceptors (Lipinski definition) is 7. The van der Waals surface area contributed by atoms with Crippen LogP contribution in [0.5, 0.6) is 5.75 Å². The zero-order valence-corrected chi connectivity index (χ0v) is 19.7. The van der Waals surface area contributed by atoms with Gasteiger partial charge in [-0.3, -0.25) is 29.4 Å². The van der Waals surface area contributed by atoms with Gasteiger partial charge in [0.2, 0.25) is 17.7 Å². The Bertz CT molecular complexity index is 1360. The third-order valence-electron chi connectivity index (χ3n) is 7.88. The van der Waals surface area contributed by atoms with E-state index in [0.717, 1.165) is 16.9 Å². The maximum Gasteiger partial charge on any atom is 0.271 e. The molecule has 10 nitrogen and oxygen atoms in total. The lowest BCUT2D eigenvalue weighted by atomic mass is 9.75. The average molecular weight is 497 g/mol. The van der Waals surface area contributed by atoms with Crippen molar-refractivity contribution in [3.8, 4) is 5.75 Å². The van der Waals surface area contributed by atoms with Crippen molar-refractivity contribution >= 4 is 46.4 Å². The minimum absolute atomic E-state index is 0.00620. The van der Waals surface area contributed by atoms with Crippen molar-refractivity contribution in [3.63, 3.8) is 0 Å². The molecule has 3 fully saturated rings. The van der Waals surface area contributed by atoms with Gasteiger partial charge in [-0.1, -0.05) is 11.6 Å². The number of aryl methyl sites for hydroxylation is 1. The highest BCUT2D eigenvalue weighted by atomic mass is 35.5. The van der Waals surface area contributed by atoms with E-state index in [-0.39, 0.29) is 29.1 Å². The number of nitrogens with one attached hydrogen (secondary N) is 1. The van der Waals surface area contributed by atoms with Gasteiger partial charge in [0.1, 0.15) is 17.0 Å². The number of halogens is 1. The summed E-state index contributed by atoms with van der Waals surface area (Å²) < 4.78 is 5.35. The van der Waals surface area contributed by atoms with Crippen molar-refractivity contribution in [2.24, 2.45) is 11.8 Å². The monoisotopic (exact) mass is 496 g/mol. The summed E-state index contributed by atoms with van der Waals surface area (Å²) in [6.45, 7) is 2.40. The first-order valence-electron chi connectivity index (χ1n) is 11.3. The molecule has 180 valence electrons. The number of hydrogen-bond donors (Lipinski definition) is 1. The molecule has 4 aliphatic heterocycles. The number of carbonyl (C=O) groups is 3. The highest BCUT2D eigenvalue weighted by Crippen LogP contribution is 2.61. The topological polar surface area (TPSA) is 122 Å². The lowest BCUT2D eigenvalue weighted by Crippen LogP contribution is -2.54. The van der Waals surface area contributed by atoms with Crippen LogP contribution in [0.1, 0.15) is 24.0 Å². The van der Waals surface area contributed by atoms with Gasteiger partial charge in [-0.25, -0.2) is 4.90 Å². The molecule has 3 amide bonds. The van der Waals surface area contributed by atoms with Gasteiger partial charge in [-0.2, -0.15) is 0 Å². The van der Waals surface area contributed by atoms with E-state index in [4.69, 9.17) is 16.3 Å². The van der Waals surface area contributed by atoms with Crippen molar-refractivity contribution in [1.82, 2.24) is 4.90 Å². The minimum Gasteiger partial charge on any atom is -0.495 e. The number of nitro benzene ring substituents is 1. The number of methoxy groups -OCH3 is 1. The van der Waals surface area contributed by atoms with Gasteiger partial charge in [0.25, 0.3) is 5.69 Å². The number of amides is 3. The average Bonchev–Trinajstić information content (AvgIpc) is 3.52. The zero-order valence-electron chi connectivity index (χ0n) is 18.9. The number of nitro groups is 1. The molecule has 3 saturated heterocycles. The fourth-order valence-corrected chi connectivity index (χ4v) is 6.91. The Hall–Kier alpha value is -3.50. The second kappa shape index (κ2) is 7.25. The summed E-state index contributed by atoms with van der Waals surface area (Å²) in [5.41, 5.74) is 0.324. The Morgan fingerprint density at radius 2 is 1.97 bits per heavy atom. The van der Waals surface area contributed by atoms with Crippen LogP contribution in [0.25, 0.3) is 0 Å². The maximum atomic E-state index is 14.1. The molecule has 2 aromatic carbocycles. The molecular weight excluding hydrogens is 476 g/mol. The molecule has 0 aliphatic carbocycles. The highest BCUT2D eigenvalue weighted by Gasteiger charge is 2.75. The molecule has 1 spiro atoms. The van der Waals surface area contributed by atoms with Gasteiger partial charge in [-0.05, 0) is 50.1 Å². The quantitative estimate of drug-likeness (QED) is 0.393. The van der Waals surface area contributed by atoms with Crippen LogP contribution in [0.2, 0.25) is 5.02 Å². The molecule has 0 bridgehead atoms. The summed E-state index contributed by atoms with van der Waals surface area (Å²) >= 11 is 6.40. The van der Waals surface area contributed by atoms with Gasteiger partial charge >= 0.3 is 0 Å². The standard InChI is InChI=1S/C24H21ClN4O6/c1-11-8-12(25)9-14-20(11)26-23(32)24(14)19-18(15-4-3-7-27(15)24)21(30)28(22(19)31)16-10-13(29(33)34)5-6-17(16)35-2/h5-6,8-10,15,18-19H,3-4,7H2,1-2H3,(H,26,32)/t15-,18+,19+,24+/m1/s1. The number of rotatable bonds is 3. The fourth-order valence-electron chi connectivity index (χ4n) is 6.64. The van der Waals surface area contributed by atoms with E-state index in [2.05, 4.69) is 5.32 Å². The first kappa shape index (κ1) is 22.0. The van der Waals surface area contributed by atoms with Gasteiger partial charge in [0.05, 0.1) is 23.9 Å². The Morgan fingerprint density at radius 3 is 2.69 bits per heavy atom. The summed E-state index contributed by atoms with van der Waals surface area (Å²) in [7, 11) is 1.36. The molecule has 11 heteroatoms. The van der Waals surface area contributed by atoms with Gasteiger partial charge < -0.3 is 10.1 Å². The molecule has 1 N–H and O–H groups in total. The number of carbonyl (C=O) groups excluding carboxylic acids is 3. The first-order valence-corrected chi connectivity index (χ1v) is 11.7. The Morgan fingerprint density at radius 1 is 1.20 bits per heavy atom. The predicted octanol–water partition coefficient (Wildman–Crippen LogP) is 3.00. The molecule has 6 rings (SSSR count). The molecule has 2 aromatic rings. The predicted molar refractivity (Wildman–Crippen MR) is 125 cm³/mol.